The van der Waals surface area contributed by atoms with Crippen LogP contribution in [0.25, 0.3) is 5.69 Å². The zero-order valence-electron chi connectivity index (χ0n) is 11.7. The highest BCUT2D eigenvalue weighted by molar-refractivity contribution is 5.91. The van der Waals surface area contributed by atoms with Crippen LogP contribution in [0.15, 0.2) is 30.5 Å². The van der Waals surface area contributed by atoms with E-state index >= 15 is 0 Å². The molecule has 0 bridgehead atoms. The Morgan fingerprint density at radius 3 is 2.75 bits per heavy atom. The van der Waals surface area contributed by atoms with Crippen molar-refractivity contribution in [2.75, 3.05) is 6.54 Å². The molecule has 1 unspecified atom stereocenters. The monoisotopic (exact) mass is 273 g/mol. The molecule has 0 spiro atoms. The van der Waals surface area contributed by atoms with Crippen LogP contribution < -0.4 is 11.1 Å². The molecule has 0 radical (unpaired) electrons. The van der Waals surface area contributed by atoms with E-state index in [9.17, 15) is 4.79 Å². The molecule has 3 N–H and O–H groups in total. The fourth-order valence-electron chi connectivity index (χ4n) is 1.70. The average Bonchev–Trinajstić information content (AvgIpc) is 2.88. The molecule has 2 rings (SSSR count). The van der Waals surface area contributed by atoms with Crippen LogP contribution in [0.5, 0.6) is 0 Å². The SMILES string of the molecule is Cc1ccc(-n2cc(C(=O)NCCC(C)N)nn2)cc1. The van der Waals surface area contributed by atoms with Gasteiger partial charge in [-0.1, -0.05) is 22.9 Å². The molecule has 0 saturated carbocycles. The molecule has 0 aliphatic carbocycles. The number of benzene rings is 1. The number of rotatable bonds is 5. The highest BCUT2D eigenvalue weighted by Crippen LogP contribution is 2.08. The van der Waals surface area contributed by atoms with E-state index in [2.05, 4.69) is 15.6 Å². The molecule has 2 aromatic rings. The molecule has 1 heterocycles. The number of nitrogens with zero attached hydrogens (tertiary/aromatic N) is 3. The van der Waals surface area contributed by atoms with Crippen LogP contribution in [0.3, 0.4) is 0 Å². The van der Waals surface area contributed by atoms with Crippen molar-refractivity contribution in [2.45, 2.75) is 26.3 Å². The molecule has 0 aliphatic rings. The van der Waals surface area contributed by atoms with Gasteiger partial charge in [-0.15, -0.1) is 5.10 Å². The third-order valence-electron chi connectivity index (χ3n) is 2.91. The summed E-state index contributed by atoms with van der Waals surface area (Å²) in [7, 11) is 0. The van der Waals surface area contributed by atoms with Crippen LogP contribution in [0.4, 0.5) is 0 Å². The van der Waals surface area contributed by atoms with E-state index in [0.717, 1.165) is 12.1 Å². The van der Waals surface area contributed by atoms with Gasteiger partial charge in [0.1, 0.15) is 0 Å². The van der Waals surface area contributed by atoms with Gasteiger partial charge in [0.25, 0.3) is 5.91 Å². The van der Waals surface area contributed by atoms with Crippen LogP contribution in [-0.2, 0) is 0 Å². The molecule has 1 atom stereocenters. The lowest BCUT2D eigenvalue weighted by Gasteiger charge is -2.05. The number of carbonyl (C=O) groups excluding carboxylic acids is 1. The highest BCUT2D eigenvalue weighted by Gasteiger charge is 2.11. The molecule has 1 aromatic heterocycles. The molecule has 20 heavy (non-hydrogen) atoms. The molecule has 0 aliphatic heterocycles. The first-order valence-electron chi connectivity index (χ1n) is 6.59. The predicted molar refractivity (Wildman–Crippen MR) is 76.7 cm³/mol. The maximum absolute atomic E-state index is 11.9. The zero-order valence-corrected chi connectivity index (χ0v) is 11.7. The van der Waals surface area contributed by atoms with Gasteiger partial charge in [-0.05, 0) is 32.4 Å². The summed E-state index contributed by atoms with van der Waals surface area (Å²) in [6, 6.07) is 7.90. The Bertz CT molecular complexity index is 574. The number of hydrogen-bond donors (Lipinski definition) is 2. The minimum Gasteiger partial charge on any atom is -0.351 e. The first-order valence-corrected chi connectivity index (χ1v) is 6.59. The number of amides is 1. The number of hydrogen-bond acceptors (Lipinski definition) is 4. The third-order valence-corrected chi connectivity index (χ3v) is 2.91. The van der Waals surface area contributed by atoms with Crippen molar-refractivity contribution in [2.24, 2.45) is 5.73 Å². The van der Waals surface area contributed by atoms with Crippen LogP contribution in [-0.4, -0.2) is 33.5 Å². The van der Waals surface area contributed by atoms with Gasteiger partial charge in [0.15, 0.2) is 5.69 Å². The highest BCUT2D eigenvalue weighted by atomic mass is 16.2. The van der Waals surface area contributed by atoms with Crippen molar-refractivity contribution in [1.29, 1.82) is 0 Å². The number of carbonyl (C=O) groups is 1. The number of nitrogens with one attached hydrogen (secondary N) is 1. The summed E-state index contributed by atoms with van der Waals surface area (Å²) >= 11 is 0. The second-order valence-corrected chi connectivity index (χ2v) is 4.91. The van der Waals surface area contributed by atoms with Gasteiger partial charge < -0.3 is 11.1 Å². The second kappa shape index (κ2) is 6.29. The fraction of sp³-hybridized carbons (Fsp3) is 0.357. The fourth-order valence-corrected chi connectivity index (χ4v) is 1.70. The van der Waals surface area contributed by atoms with Crippen molar-refractivity contribution >= 4 is 5.91 Å². The van der Waals surface area contributed by atoms with Crippen molar-refractivity contribution < 1.29 is 4.79 Å². The zero-order chi connectivity index (χ0) is 14.5. The summed E-state index contributed by atoms with van der Waals surface area (Å²) in [5, 5.41) is 10.6. The van der Waals surface area contributed by atoms with E-state index in [4.69, 9.17) is 5.73 Å². The average molecular weight is 273 g/mol. The van der Waals surface area contributed by atoms with Crippen LogP contribution in [0.1, 0.15) is 29.4 Å². The molecule has 0 fully saturated rings. The van der Waals surface area contributed by atoms with E-state index in [1.807, 2.05) is 38.1 Å². The molecule has 1 amide bonds. The third kappa shape index (κ3) is 3.64. The Labute approximate surface area is 118 Å². The van der Waals surface area contributed by atoms with Gasteiger partial charge in [0.2, 0.25) is 0 Å². The molecule has 6 heteroatoms. The lowest BCUT2D eigenvalue weighted by molar-refractivity contribution is 0.0947. The van der Waals surface area contributed by atoms with Crippen molar-refractivity contribution in [3.05, 3.63) is 41.7 Å². The maximum atomic E-state index is 11.9. The summed E-state index contributed by atoms with van der Waals surface area (Å²) in [4.78, 5) is 11.9. The van der Waals surface area contributed by atoms with Crippen molar-refractivity contribution in [3.8, 4) is 5.69 Å². The topological polar surface area (TPSA) is 85.8 Å². The first kappa shape index (κ1) is 14.2. The van der Waals surface area contributed by atoms with Gasteiger partial charge in [0, 0.05) is 12.6 Å². The lowest BCUT2D eigenvalue weighted by Crippen LogP contribution is -2.29. The smallest absolute Gasteiger partial charge is 0.273 e. The molecule has 6 nitrogen and oxygen atoms in total. The van der Waals surface area contributed by atoms with Crippen LogP contribution in [0, 0.1) is 6.92 Å². The number of aryl methyl sites for hydroxylation is 1. The maximum Gasteiger partial charge on any atom is 0.273 e. The number of nitrogens with two attached hydrogens (primary N) is 1. The van der Waals surface area contributed by atoms with Gasteiger partial charge >= 0.3 is 0 Å². The quantitative estimate of drug-likeness (QED) is 0.852. The Kier molecular flexibility index (Phi) is 4.47. The minimum absolute atomic E-state index is 0.0681. The molecule has 106 valence electrons. The normalized spacial score (nSPS) is 12.2. The first-order chi connectivity index (χ1) is 9.56. The van der Waals surface area contributed by atoms with Gasteiger partial charge in [0.05, 0.1) is 11.9 Å². The van der Waals surface area contributed by atoms with Crippen LogP contribution in [0.2, 0.25) is 0 Å². The van der Waals surface area contributed by atoms with E-state index in [1.54, 1.807) is 10.9 Å². The summed E-state index contributed by atoms with van der Waals surface area (Å²) in [6.07, 6.45) is 2.35. The Hall–Kier alpha value is -2.21. The van der Waals surface area contributed by atoms with Gasteiger partial charge in [-0.2, -0.15) is 0 Å². The summed E-state index contributed by atoms with van der Waals surface area (Å²) in [6.45, 7) is 4.45. The van der Waals surface area contributed by atoms with E-state index in [0.29, 0.717) is 12.2 Å². The molecule has 0 saturated heterocycles. The van der Waals surface area contributed by atoms with Crippen molar-refractivity contribution in [3.63, 3.8) is 0 Å². The Balaban J connectivity index is 2.01. The summed E-state index contributed by atoms with van der Waals surface area (Å²) < 4.78 is 1.58. The van der Waals surface area contributed by atoms with Crippen LogP contribution >= 0.6 is 0 Å². The van der Waals surface area contributed by atoms with Gasteiger partial charge in [-0.25, -0.2) is 4.68 Å². The summed E-state index contributed by atoms with van der Waals surface area (Å²) in [5.74, 6) is -0.232. The molecule has 1 aromatic carbocycles. The van der Waals surface area contributed by atoms with E-state index < -0.39 is 0 Å². The standard InChI is InChI=1S/C14H19N5O/c1-10-3-5-12(6-4-10)19-9-13(17-18-19)14(20)16-8-7-11(2)15/h3-6,9,11H,7-8,15H2,1-2H3,(H,16,20). The second-order valence-electron chi connectivity index (χ2n) is 4.91. The largest absolute Gasteiger partial charge is 0.351 e. The summed E-state index contributed by atoms with van der Waals surface area (Å²) in [5.41, 5.74) is 7.97. The van der Waals surface area contributed by atoms with Gasteiger partial charge in [-0.3, -0.25) is 4.79 Å². The lowest BCUT2D eigenvalue weighted by atomic mass is 10.2. The Morgan fingerprint density at radius 2 is 2.10 bits per heavy atom. The predicted octanol–water partition coefficient (Wildman–Crippen LogP) is 1.04. The minimum atomic E-state index is -0.232. The Morgan fingerprint density at radius 1 is 1.40 bits per heavy atom. The van der Waals surface area contributed by atoms with E-state index in [-0.39, 0.29) is 11.9 Å². The number of aromatic nitrogens is 3. The molecular weight excluding hydrogens is 254 g/mol. The molecular formula is C14H19N5O. The van der Waals surface area contributed by atoms with E-state index in [1.165, 1.54) is 5.56 Å². The van der Waals surface area contributed by atoms with Crippen molar-refractivity contribution in [1.82, 2.24) is 20.3 Å².